The normalized spacial score (nSPS) is 14.0. The molecule has 126 valence electrons. The molecule has 1 aromatic carbocycles. The number of anilines is 2. The SMILES string of the molecule is CC(C)Oc1ccccc1NC(=O)c1ccc(N2CCCC2)cn1. The summed E-state index contributed by atoms with van der Waals surface area (Å²) in [5.74, 6) is 0.428. The number of para-hydroxylation sites is 2. The Morgan fingerprint density at radius 1 is 1.17 bits per heavy atom. The Labute approximate surface area is 142 Å². The molecule has 0 spiro atoms. The van der Waals surface area contributed by atoms with Crippen molar-refractivity contribution in [2.45, 2.75) is 32.8 Å². The Morgan fingerprint density at radius 3 is 2.58 bits per heavy atom. The molecular weight excluding hydrogens is 302 g/mol. The number of benzene rings is 1. The number of pyridine rings is 1. The number of ether oxygens (including phenoxy) is 1. The number of carbonyl (C=O) groups is 1. The lowest BCUT2D eigenvalue weighted by Crippen LogP contribution is -2.19. The number of rotatable bonds is 5. The third-order valence-electron chi connectivity index (χ3n) is 3.95. The molecule has 0 bridgehead atoms. The number of amides is 1. The monoisotopic (exact) mass is 325 g/mol. The topological polar surface area (TPSA) is 54.5 Å². The largest absolute Gasteiger partial charge is 0.489 e. The molecule has 1 fully saturated rings. The van der Waals surface area contributed by atoms with Gasteiger partial charge in [0.05, 0.1) is 23.7 Å². The van der Waals surface area contributed by atoms with Gasteiger partial charge in [0.1, 0.15) is 11.4 Å². The molecule has 0 atom stereocenters. The minimum Gasteiger partial charge on any atom is -0.489 e. The van der Waals surface area contributed by atoms with Gasteiger partial charge in [0, 0.05) is 13.1 Å². The lowest BCUT2D eigenvalue weighted by atomic mass is 10.2. The highest BCUT2D eigenvalue weighted by molar-refractivity contribution is 6.03. The van der Waals surface area contributed by atoms with Crippen LogP contribution in [0.1, 0.15) is 37.2 Å². The Morgan fingerprint density at radius 2 is 1.92 bits per heavy atom. The van der Waals surface area contributed by atoms with E-state index < -0.39 is 0 Å². The molecule has 1 saturated heterocycles. The maximum absolute atomic E-state index is 12.4. The van der Waals surface area contributed by atoms with Crippen molar-refractivity contribution >= 4 is 17.3 Å². The van der Waals surface area contributed by atoms with Gasteiger partial charge in [0.15, 0.2) is 0 Å². The van der Waals surface area contributed by atoms with E-state index in [4.69, 9.17) is 4.74 Å². The van der Waals surface area contributed by atoms with E-state index in [1.165, 1.54) is 12.8 Å². The molecule has 2 aromatic rings. The van der Waals surface area contributed by atoms with Crippen molar-refractivity contribution in [1.82, 2.24) is 4.98 Å². The van der Waals surface area contributed by atoms with Gasteiger partial charge in [0.2, 0.25) is 0 Å². The zero-order valence-electron chi connectivity index (χ0n) is 14.2. The third kappa shape index (κ3) is 3.85. The van der Waals surface area contributed by atoms with Crippen molar-refractivity contribution in [1.29, 1.82) is 0 Å². The predicted octanol–water partition coefficient (Wildman–Crippen LogP) is 3.72. The van der Waals surface area contributed by atoms with Gasteiger partial charge in [-0.25, -0.2) is 4.98 Å². The number of hydrogen-bond acceptors (Lipinski definition) is 4. The zero-order chi connectivity index (χ0) is 16.9. The molecule has 1 aliphatic heterocycles. The fraction of sp³-hybridized carbons (Fsp3) is 0.368. The van der Waals surface area contributed by atoms with Crippen LogP contribution >= 0.6 is 0 Å². The standard InChI is InChI=1S/C19H23N3O2/c1-14(2)24-18-8-4-3-7-16(18)21-19(23)17-10-9-15(13-20-17)22-11-5-6-12-22/h3-4,7-10,13-14H,5-6,11-12H2,1-2H3,(H,21,23). The number of nitrogens with zero attached hydrogens (tertiary/aromatic N) is 2. The van der Waals surface area contributed by atoms with E-state index in [2.05, 4.69) is 15.2 Å². The molecule has 1 N–H and O–H groups in total. The summed E-state index contributed by atoms with van der Waals surface area (Å²) >= 11 is 0. The van der Waals surface area contributed by atoms with E-state index in [1.807, 2.05) is 44.2 Å². The summed E-state index contributed by atoms with van der Waals surface area (Å²) in [5.41, 5.74) is 2.13. The molecule has 0 saturated carbocycles. The average Bonchev–Trinajstić information content (AvgIpc) is 3.11. The highest BCUT2D eigenvalue weighted by atomic mass is 16.5. The lowest BCUT2D eigenvalue weighted by molar-refractivity contribution is 0.102. The minimum absolute atomic E-state index is 0.0425. The van der Waals surface area contributed by atoms with Gasteiger partial charge in [-0.2, -0.15) is 0 Å². The fourth-order valence-corrected chi connectivity index (χ4v) is 2.80. The minimum atomic E-state index is -0.234. The second kappa shape index (κ2) is 7.34. The van der Waals surface area contributed by atoms with Gasteiger partial charge >= 0.3 is 0 Å². The van der Waals surface area contributed by atoms with E-state index in [0.717, 1.165) is 18.8 Å². The van der Waals surface area contributed by atoms with E-state index in [1.54, 1.807) is 12.3 Å². The van der Waals surface area contributed by atoms with E-state index in [9.17, 15) is 4.79 Å². The van der Waals surface area contributed by atoms with Crippen LogP contribution in [0.25, 0.3) is 0 Å². The first-order valence-corrected chi connectivity index (χ1v) is 8.41. The number of carbonyl (C=O) groups excluding carboxylic acids is 1. The first-order chi connectivity index (χ1) is 11.6. The third-order valence-corrected chi connectivity index (χ3v) is 3.95. The number of aromatic nitrogens is 1. The molecule has 3 rings (SSSR count). The predicted molar refractivity (Wildman–Crippen MR) is 95.8 cm³/mol. The first kappa shape index (κ1) is 16.3. The van der Waals surface area contributed by atoms with Gasteiger partial charge in [-0.1, -0.05) is 12.1 Å². The summed E-state index contributed by atoms with van der Waals surface area (Å²) in [6.07, 6.45) is 4.25. The van der Waals surface area contributed by atoms with Crippen molar-refractivity contribution < 1.29 is 9.53 Å². The average molecular weight is 325 g/mol. The maximum atomic E-state index is 12.4. The molecular formula is C19H23N3O2. The summed E-state index contributed by atoms with van der Waals surface area (Å²) < 4.78 is 5.73. The Balaban J connectivity index is 1.71. The summed E-state index contributed by atoms with van der Waals surface area (Å²) in [4.78, 5) is 19.0. The maximum Gasteiger partial charge on any atom is 0.274 e. The van der Waals surface area contributed by atoms with Gasteiger partial charge < -0.3 is 15.0 Å². The molecule has 1 amide bonds. The van der Waals surface area contributed by atoms with Crippen LogP contribution in [0.5, 0.6) is 5.75 Å². The molecule has 1 aliphatic rings. The van der Waals surface area contributed by atoms with Gasteiger partial charge in [-0.05, 0) is 51.0 Å². The highest BCUT2D eigenvalue weighted by Crippen LogP contribution is 2.25. The zero-order valence-corrected chi connectivity index (χ0v) is 14.2. The van der Waals surface area contributed by atoms with Crippen LogP contribution in [0.2, 0.25) is 0 Å². The van der Waals surface area contributed by atoms with Crippen molar-refractivity contribution in [2.24, 2.45) is 0 Å². The second-order valence-corrected chi connectivity index (χ2v) is 6.21. The summed E-state index contributed by atoms with van der Waals surface area (Å²) in [7, 11) is 0. The van der Waals surface area contributed by atoms with E-state index in [0.29, 0.717) is 17.1 Å². The lowest BCUT2D eigenvalue weighted by Gasteiger charge is -2.17. The van der Waals surface area contributed by atoms with Crippen LogP contribution in [0.15, 0.2) is 42.6 Å². The second-order valence-electron chi connectivity index (χ2n) is 6.21. The van der Waals surface area contributed by atoms with E-state index >= 15 is 0 Å². The smallest absolute Gasteiger partial charge is 0.274 e. The highest BCUT2D eigenvalue weighted by Gasteiger charge is 2.15. The summed E-state index contributed by atoms with van der Waals surface area (Å²) in [6, 6.07) is 11.2. The molecule has 24 heavy (non-hydrogen) atoms. The number of nitrogens with one attached hydrogen (secondary N) is 1. The Bertz CT molecular complexity index is 692. The van der Waals surface area contributed by atoms with Crippen LogP contribution in [0, 0.1) is 0 Å². The van der Waals surface area contributed by atoms with Crippen LogP contribution in [-0.2, 0) is 0 Å². The van der Waals surface area contributed by atoms with Crippen molar-refractivity contribution in [3.8, 4) is 5.75 Å². The van der Waals surface area contributed by atoms with Crippen LogP contribution in [-0.4, -0.2) is 30.1 Å². The molecule has 1 aromatic heterocycles. The van der Waals surface area contributed by atoms with Gasteiger partial charge in [-0.15, -0.1) is 0 Å². The first-order valence-electron chi connectivity index (χ1n) is 8.41. The van der Waals surface area contributed by atoms with Crippen LogP contribution in [0.4, 0.5) is 11.4 Å². The molecule has 0 aliphatic carbocycles. The van der Waals surface area contributed by atoms with Crippen molar-refractivity contribution in [3.63, 3.8) is 0 Å². The van der Waals surface area contributed by atoms with E-state index in [-0.39, 0.29) is 12.0 Å². The Hall–Kier alpha value is -2.56. The molecule has 5 nitrogen and oxygen atoms in total. The van der Waals surface area contributed by atoms with Crippen molar-refractivity contribution in [2.75, 3.05) is 23.3 Å². The number of hydrogen-bond donors (Lipinski definition) is 1. The molecule has 2 heterocycles. The molecule has 5 heteroatoms. The van der Waals surface area contributed by atoms with Crippen molar-refractivity contribution in [3.05, 3.63) is 48.3 Å². The molecule has 0 unspecified atom stereocenters. The Kier molecular flexibility index (Phi) is 4.99. The van der Waals surface area contributed by atoms with Gasteiger partial charge in [0.25, 0.3) is 5.91 Å². The molecule has 0 radical (unpaired) electrons. The van der Waals surface area contributed by atoms with Crippen LogP contribution in [0.3, 0.4) is 0 Å². The van der Waals surface area contributed by atoms with Gasteiger partial charge in [-0.3, -0.25) is 4.79 Å². The quantitative estimate of drug-likeness (QED) is 0.910. The fourth-order valence-electron chi connectivity index (χ4n) is 2.80. The van der Waals surface area contributed by atoms with Crippen LogP contribution < -0.4 is 15.0 Å². The summed E-state index contributed by atoms with van der Waals surface area (Å²) in [6.45, 7) is 6.04. The summed E-state index contributed by atoms with van der Waals surface area (Å²) in [5, 5.41) is 2.88.